The summed E-state index contributed by atoms with van der Waals surface area (Å²) in [7, 11) is 0. The maximum atomic E-state index is 13.0. The molecule has 6 rings (SSSR count). The number of hydrogen-bond acceptors (Lipinski definition) is 5. The Hall–Kier alpha value is -4.12. The summed E-state index contributed by atoms with van der Waals surface area (Å²) in [5.74, 6) is 0.644. The van der Waals surface area contributed by atoms with Gasteiger partial charge in [0.2, 0.25) is 5.91 Å². The molecule has 8 heteroatoms. The first-order chi connectivity index (χ1) is 20.9. The summed E-state index contributed by atoms with van der Waals surface area (Å²) in [6.45, 7) is 2.12. The maximum absolute atomic E-state index is 13.0. The largest absolute Gasteiger partial charge is 0.460 e. The zero-order valence-electron chi connectivity index (χ0n) is 23.4. The van der Waals surface area contributed by atoms with Gasteiger partial charge in [-0.05, 0) is 72.0 Å². The average Bonchev–Trinajstić information content (AvgIpc) is 3.43. The monoisotopic (exact) mass is 609 g/mol. The van der Waals surface area contributed by atoms with Crippen LogP contribution >= 0.6 is 23.2 Å². The first-order valence-corrected chi connectivity index (χ1v) is 14.9. The van der Waals surface area contributed by atoms with E-state index in [1.165, 1.54) is 0 Å². The van der Waals surface area contributed by atoms with E-state index in [0.29, 0.717) is 40.7 Å². The number of likely N-dealkylation sites (tertiary alicyclic amines) is 1. The molecule has 0 bridgehead atoms. The molecule has 0 unspecified atom stereocenters. The van der Waals surface area contributed by atoms with Gasteiger partial charge in [0.15, 0.2) is 0 Å². The van der Waals surface area contributed by atoms with Gasteiger partial charge in [-0.2, -0.15) is 5.26 Å². The first kappa shape index (κ1) is 29.0. The highest BCUT2D eigenvalue weighted by Gasteiger charge is 2.38. The van der Waals surface area contributed by atoms with Crippen molar-refractivity contribution in [2.75, 3.05) is 25.0 Å². The molecule has 1 amide bonds. The summed E-state index contributed by atoms with van der Waals surface area (Å²) in [4.78, 5) is 15.3. The zero-order valence-corrected chi connectivity index (χ0v) is 24.9. The highest BCUT2D eigenvalue weighted by atomic mass is 35.5. The molecule has 5 aromatic rings. The highest BCUT2D eigenvalue weighted by molar-refractivity contribution is 6.35. The van der Waals surface area contributed by atoms with Gasteiger partial charge in [0, 0.05) is 34.2 Å². The van der Waals surface area contributed by atoms with Crippen LogP contribution in [0.4, 0.5) is 5.69 Å². The number of rotatable bonds is 8. The van der Waals surface area contributed by atoms with Gasteiger partial charge < -0.3 is 14.5 Å². The van der Waals surface area contributed by atoms with Gasteiger partial charge in [-0.3, -0.25) is 9.69 Å². The second kappa shape index (κ2) is 12.6. The molecule has 0 spiro atoms. The molecule has 1 aliphatic rings. The summed E-state index contributed by atoms with van der Waals surface area (Å²) < 4.78 is 12.6. The number of fused-ring (bicyclic) bond motifs is 1. The quantitative estimate of drug-likeness (QED) is 0.191. The van der Waals surface area contributed by atoms with E-state index < -0.39 is 5.60 Å². The second-order valence-corrected chi connectivity index (χ2v) is 11.7. The molecule has 0 aliphatic carbocycles. The molecule has 4 aromatic carbocycles. The third kappa shape index (κ3) is 6.77. The summed E-state index contributed by atoms with van der Waals surface area (Å²) in [5, 5.41) is 14.1. The molecule has 43 heavy (non-hydrogen) atoms. The Labute approximate surface area is 260 Å². The number of carbonyl (C=O) groups is 1. The van der Waals surface area contributed by atoms with Gasteiger partial charge >= 0.3 is 0 Å². The van der Waals surface area contributed by atoms with Gasteiger partial charge in [0.1, 0.15) is 18.0 Å². The van der Waals surface area contributed by atoms with E-state index >= 15 is 0 Å². The average molecular weight is 611 g/mol. The number of halogens is 2. The Balaban J connectivity index is 1.20. The number of nitrogens with one attached hydrogen (secondary N) is 1. The third-order valence-corrected chi connectivity index (χ3v) is 8.32. The standard InChI is InChI=1S/C35H29Cl2N3O3/c36-29-18-30(37)20-31(19-29)39-34(41)23-42-35(28-10-8-25(9-11-28)26-6-3-4-24(16-26)21-38)12-14-40(15-13-35)22-32-17-27-5-1-2-7-33(27)43-32/h1-11,16-20H,12-15,22-23H2,(H,39,41). The van der Waals surface area contributed by atoms with E-state index in [-0.39, 0.29) is 12.5 Å². The Morgan fingerprint density at radius 3 is 2.37 bits per heavy atom. The second-order valence-electron chi connectivity index (χ2n) is 10.8. The number of nitrogens with zero attached hydrogens (tertiary/aromatic N) is 2. The van der Waals surface area contributed by atoms with Crippen molar-refractivity contribution in [3.63, 3.8) is 0 Å². The molecule has 0 saturated carbocycles. The van der Waals surface area contributed by atoms with Crippen LogP contribution in [-0.4, -0.2) is 30.5 Å². The van der Waals surface area contributed by atoms with Crippen molar-refractivity contribution in [1.82, 2.24) is 4.90 Å². The van der Waals surface area contributed by atoms with E-state index in [2.05, 4.69) is 40.6 Å². The van der Waals surface area contributed by atoms with E-state index in [0.717, 1.165) is 46.5 Å². The maximum Gasteiger partial charge on any atom is 0.250 e. The molecule has 2 heterocycles. The lowest BCUT2D eigenvalue weighted by molar-refractivity contribution is -0.135. The van der Waals surface area contributed by atoms with Crippen LogP contribution in [0.15, 0.2) is 101 Å². The predicted molar refractivity (Wildman–Crippen MR) is 170 cm³/mol. The number of amides is 1. The Morgan fingerprint density at radius 2 is 1.65 bits per heavy atom. The van der Waals surface area contributed by atoms with Gasteiger partial charge in [0.05, 0.1) is 23.8 Å². The van der Waals surface area contributed by atoms with Gasteiger partial charge in [-0.1, -0.05) is 77.8 Å². The fourth-order valence-corrected chi connectivity index (χ4v) is 6.21. The van der Waals surface area contributed by atoms with Crippen molar-refractivity contribution in [1.29, 1.82) is 5.26 Å². The van der Waals surface area contributed by atoms with Gasteiger partial charge in [-0.15, -0.1) is 0 Å². The van der Waals surface area contributed by atoms with Crippen molar-refractivity contribution in [2.45, 2.75) is 25.0 Å². The lowest BCUT2D eigenvalue weighted by atomic mass is 9.83. The van der Waals surface area contributed by atoms with Crippen LogP contribution in [0.5, 0.6) is 0 Å². The summed E-state index contributed by atoms with van der Waals surface area (Å²) in [5.41, 5.74) is 4.36. The molecular formula is C35H29Cl2N3O3. The van der Waals surface area contributed by atoms with Crippen LogP contribution in [0.2, 0.25) is 10.0 Å². The minimum Gasteiger partial charge on any atom is -0.460 e. The third-order valence-electron chi connectivity index (χ3n) is 7.88. The van der Waals surface area contributed by atoms with Crippen LogP contribution in [0, 0.1) is 11.3 Å². The van der Waals surface area contributed by atoms with Crippen molar-refractivity contribution < 1.29 is 13.9 Å². The molecule has 6 nitrogen and oxygen atoms in total. The molecular weight excluding hydrogens is 581 g/mol. The predicted octanol–water partition coefficient (Wildman–Crippen LogP) is 8.42. The Bertz CT molecular complexity index is 1750. The van der Waals surface area contributed by atoms with Gasteiger partial charge in [0.25, 0.3) is 0 Å². The molecule has 1 aliphatic heterocycles. The SMILES string of the molecule is N#Cc1cccc(-c2ccc(C3(OCC(=O)Nc4cc(Cl)cc(Cl)c4)CCN(Cc4cc5ccccc5o4)CC3)cc2)c1. The fourth-order valence-electron chi connectivity index (χ4n) is 5.69. The lowest BCUT2D eigenvalue weighted by Gasteiger charge is -2.42. The molecule has 1 fully saturated rings. The number of para-hydroxylation sites is 1. The summed E-state index contributed by atoms with van der Waals surface area (Å²) >= 11 is 12.2. The minimum atomic E-state index is -0.652. The van der Waals surface area contributed by atoms with Crippen LogP contribution in [-0.2, 0) is 21.7 Å². The molecule has 1 saturated heterocycles. The summed E-state index contributed by atoms with van der Waals surface area (Å²) in [6, 6.07) is 33.0. The van der Waals surface area contributed by atoms with E-state index in [4.69, 9.17) is 32.4 Å². The number of carbonyl (C=O) groups excluding carboxylic acids is 1. The smallest absolute Gasteiger partial charge is 0.250 e. The lowest BCUT2D eigenvalue weighted by Crippen LogP contribution is -2.45. The number of benzene rings is 4. The minimum absolute atomic E-state index is 0.125. The van der Waals surface area contributed by atoms with Crippen LogP contribution in [0.3, 0.4) is 0 Å². The van der Waals surface area contributed by atoms with Crippen molar-refractivity contribution in [3.8, 4) is 17.2 Å². The molecule has 1 N–H and O–H groups in total. The molecule has 1 aromatic heterocycles. The summed E-state index contributed by atoms with van der Waals surface area (Å²) in [6.07, 6.45) is 1.40. The molecule has 216 valence electrons. The van der Waals surface area contributed by atoms with Crippen molar-refractivity contribution in [3.05, 3.63) is 124 Å². The number of ether oxygens (including phenoxy) is 1. The van der Waals surface area contributed by atoms with E-state index in [1.54, 1.807) is 24.3 Å². The van der Waals surface area contributed by atoms with Crippen LogP contribution in [0.25, 0.3) is 22.1 Å². The molecule has 0 radical (unpaired) electrons. The highest BCUT2D eigenvalue weighted by Crippen LogP contribution is 2.38. The zero-order chi connectivity index (χ0) is 29.8. The number of furan rings is 1. The number of hydrogen-bond donors (Lipinski definition) is 1. The fraction of sp³-hybridized carbons (Fsp3) is 0.200. The Kier molecular flexibility index (Phi) is 8.51. The van der Waals surface area contributed by atoms with Crippen molar-refractivity contribution >= 4 is 45.8 Å². The normalized spacial score (nSPS) is 14.8. The van der Waals surface area contributed by atoms with Crippen LogP contribution < -0.4 is 5.32 Å². The Morgan fingerprint density at radius 1 is 0.907 bits per heavy atom. The molecule has 0 atom stereocenters. The van der Waals surface area contributed by atoms with Gasteiger partial charge in [-0.25, -0.2) is 0 Å². The number of piperidine rings is 1. The number of anilines is 1. The van der Waals surface area contributed by atoms with Crippen LogP contribution in [0.1, 0.15) is 29.7 Å². The first-order valence-electron chi connectivity index (χ1n) is 14.1. The van der Waals surface area contributed by atoms with Crippen molar-refractivity contribution in [2.24, 2.45) is 0 Å². The topological polar surface area (TPSA) is 78.5 Å². The van der Waals surface area contributed by atoms with E-state index in [1.807, 2.05) is 48.5 Å². The van der Waals surface area contributed by atoms with E-state index in [9.17, 15) is 10.1 Å². The number of nitriles is 1.